The molecule has 7 nitrogen and oxygen atoms in total. The number of ketones is 1. The molecule has 1 unspecified atom stereocenters. The molecule has 1 aliphatic rings. The van der Waals surface area contributed by atoms with E-state index < -0.39 is 22.7 Å². The highest BCUT2D eigenvalue weighted by molar-refractivity contribution is 6.46. The number of rotatable bonds is 6. The van der Waals surface area contributed by atoms with E-state index in [1.165, 1.54) is 29.2 Å². The number of amides is 1. The Kier molecular flexibility index (Phi) is 5.81. The lowest BCUT2D eigenvalue weighted by Crippen LogP contribution is -2.31. The SMILES string of the molecule is O=C1C(=O)N(CCc2ccccc2)C(c2ccc([N+](=O)[O-])cc2)/C1=C(/O)c1ccccc1. The maximum Gasteiger partial charge on any atom is 0.295 e. The van der Waals surface area contributed by atoms with Crippen LogP contribution in [0.1, 0.15) is 22.7 Å². The Labute approximate surface area is 184 Å². The smallest absolute Gasteiger partial charge is 0.295 e. The molecule has 4 rings (SSSR count). The summed E-state index contributed by atoms with van der Waals surface area (Å²) in [6, 6.07) is 22.9. The van der Waals surface area contributed by atoms with Gasteiger partial charge < -0.3 is 10.0 Å². The van der Waals surface area contributed by atoms with Crippen molar-refractivity contribution in [3.05, 3.63) is 117 Å². The highest BCUT2D eigenvalue weighted by Crippen LogP contribution is 2.39. The highest BCUT2D eigenvalue weighted by atomic mass is 16.6. The summed E-state index contributed by atoms with van der Waals surface area (Å²) in [5.74, 6) is -1.75. The van der Waals surface area contributed by atoms with Gasteiger partial charge in [-0.3, -0.25) is 19.7 Å². The van der Waals surface area contributed by atoms with Crippen LogP contribution < -0.4 is 0 Å². The van der Waals surface area contributed by atoms with E-state index in [1.54, 1.807) is 30.3 Å². The number of nitro benzene ring substituents is 1. The first-order valence-corrected chi connectivity index (χ1v) is 10.1. The normalized spacial score (nSPS) is 17.5. The fraction of sp³-hybridized carbons (Fsp3) is 0.120. The number of Topliss-reactive ketones (excluding diaryl/α,β-unsaturated/α-hetero) is 1. The van der Waals surface area contributed by atoms with Crippen molar-refractivity contribution >= 4 is 23.1 Å². The van der Waals surface area contributed by atoms with Gasteiger partial charge in [0.2, 0.25) is 0 Å². The topological polar surface area (TPSA) is 101 Å². The van der Waals surface area contributed by atoms with Gasteiger partial charge in [-0.2, -0.15) is 0 Å². The quantitative estimate of drug-likeness (QED) is 0.208. The van der Waals surface area contributed by atoms with E-state index in [2.05, 4.69) is 0 Å². The minimum absolute atomic E-state index is 0.0249. The molecule has 1 amide bonds. The number of non-ortho nitro benzene ring substituents is 1. The summed E-state index contributed by atoms with van der Waals surface area (Å²) in [5.41, 5.74) is 1.81. The minimum atomic E-state index is -0.847. The summed E-state index contributed by atoms with van der Waals surface area (Å²) in [6.45, 7) is 0.252. The van der Waals surface area contributed by atoms with E-state index in [0.717, 1.165) is 5.56 Å². The van der Waals surface area contributed by atoms with Crippen LogP contribution in [0.15, 0.2) is 90.5 Å². The highest BCUT2D eigenvalue weighted by Gasteiger charge is 2.45. The number of carbonyl (C=O) groups is 2. The number of aliphatic hydroxyl groups excluding tert-OH is 1. The van der Waals surface area contributed by atoms with E-state index in [-0.39, 0.29) is 23.6 Å². The Hall–Kier alpha value is -4.26. The second-order valence-corrected chi connectivity index (χ2v) is 7.44. The minimum Gasteiger partial charge on any atom is -0.507 e. The maximum absolute atomic E-state index is 13.0. The van der Waals surface area contributed by atoms with E-state index in [0.29, 0.717) is 17.5 Å². The van der Waals surface area contributed by atoms with Crippen molar-refractivity contribution in [2.75, 3.05) is 6.54 Å². The molecule has 0 aliphatic carbocycles. The molecule has 0 radical (unpaired) electrons. The number of likely N-dealkylation sites (tertiary alicyclic amines) is 1. The molecule has 1 fully saturated rings. The summed E-state index contributed by atoms with van der Waals surface area (Å²) in [7, 11) is 0. The van der Waals surface area contributed by atoms with Gasteiger partial charge in [-0.1, -0.05) is 60.7 Å². The van der Waals surface area contributed by atoms with Crippen LogP contribution in [0.5, 0.6) is 0 Å². The van der Waals surface area contributed by atoms with Crippen LogP contribution in [0, 0.1) is 10.1 Å². The van der Waals surface area contributed by atoms with Gasteiger partial charge in [-0.15, -0.1) is 0 Å². The number of hydrogen-bond donors (Lipinski definition) is 1. The summed E-state index contributed by atoms with van der Waals surface area (Å²) in [6.07, 6.45) is 0.517. The fourth-order valence-corrected chi connectivity index (χ4v) is 3.88. The van der Waals surface area contributed by atoms with Crippen LogP contribution in [0.4, 0.5) is 5.69 Å². The van der Waals surface area contributed by atoms with Gasteiger partial charge >= 0.3 is 0 Å². The predicted octanol–water partition coefficient (Wildman–Crippen LogP) is 4.26. The first kappa shape index (κ1) is 21.0. The number of nitro groups is 1. The Balaban J connectivity index is 1.78. The fourth-order valence-electron chi connectivity index (χ4n) is 3.88. The molecular weight excluding hydrogens is 408 g/mol. The molecule has 0 bridgehead atoms. The second kappa shape index (κ2) is 8.85. The van der Waals surface area contributed by atoms with Gasteiger partial charge in [0.15, 0.2) is 0 Å². The van der Waals surface area contributed by atoms with Crippen LogP contribution in [-0.4, -0.2) is 33.2 Å². The van der Waals surface area contributed by atoms with Crippen molar-refractivity contribution in [3.63, 3.8) is 0 Å². The Bertz CT molecular complexity index is 1190. The van der Waals surface area contributed by atoms with Crippen LogP contribution >= 0.6 is 0 Å². The molecule has 3 aromatic rings. The number of carbonyl (C=O) groups excluding carboxylic acids is 2. The lowest BCUT2D eigenvalue weighted by atomic mass is 9.95. The zero-order chi connectivity index (χ0) is 22.7. The molecule has 1 N–H and O–H groups in total. The number of aliphatic hydroxyl groups is 1. The average molecular weight is 428 g/mol. The molecule has 0 aromatic heterocycles. The summed E-state index contributed by atoms with van der Waals surface area (Å²) in [4.78, 5) is 37.9. The summed E-state index contributed by atoms with van der Waals surface area (Å²) in [5, 5.41) is 22.0. The molecule has 1 atom stereocenters. The average Bonchev–Trinajstić information content (AvgIpc) is 3.08. The summed E-state index contributed by atoms with van der Waals surface area (Å²) >= 11 is 0. The van der Waals surface area contributed by atoms with E-state index in [4.69, 9.17) is 0 Å². The van der Waals surface area contributed by atoms with Gasteiger partial charge in [-0.05, 0) is 29.7 Å². The first-order valence-electron chi connectivity index (χ1n) is 10.1. The zero-order valence-corrected chi connectivity index (χ0v) is 17.0. The largest absolute Gasteiger partial charge is 0.507 e. The molecule has 32 heavy (non-hydrogen) atoms. The molecular formula is C25H20N2O5. The lowest BCUT2D eigenvalue weighted by molar-refractivity contribution is -0.384. The van der Waals surface area contributed by atoms with Gasteiger partial charge in [0.1, 0.15) is 5.76 Å². The van der Waals surface area contributed by atoms with Crippen molar-refractivity contribution in [2.45, 2.75) is 12.5 Å². The van der Waals surface area contributed by atoms with E-state index in [1.807, 2.05) is 30.3 Å². The Morgan fingerprint density at radius 1 is 0.906 bits per heavy atom. The van der Waals surface area contributed by atoms with Crippen LogP contribution in [0.2, 0.25) is 0 Å². The molecule has 1 saturated heterocycles. The summed E-state index contributed by atoms with van der Waals surface area (Å²) < 4.78 is 0. The third-order valence-electron chi connectivity index (χ3n) is 5.49. The van der Waals surface area contributed by atoms with E-state index >= 15 is 0 Å². The molecule has 1 heterocycles. The van der Waals surface area contributed by atoms with Gasteiger partial charge in [0, 0.05) is 24.2 Å². The molecule has 0 spiro atoms. The van der Waals surface area contributed by atoms with Crippen molar-refractivity contribution in [3.8, 4) is 0 Å². The number of hydrogen-bond acceptors (Lipinski definition) is 5. The van der Waals surface area contributed by atoms with Crippen LogP contribution in [-0.2, 0) is 16.0 Å². The molecule has 0 saturated carbocycles. The third kappa shape index (κ3) is 4.00. The third-order valence-corrected chi connectivity index (χ3v) is 5.49. The van der Waals surface area contributed by atoms with Crippen molar-refractivity contribution in [2.24, 2.45) is 0 Å². The molecule has 3 aromatic carbocycles. The van der Waals surface area contributed by atoms with Gasteiger partial charge in [0.25, 0.3) is 17.4 Å². The van der Waals surface area contributed by atoms with Crippen molar-refractivity contribution in [1.29, 1.82) is 0 Å². The van der Waals surface area contributed by atoms with Crippen LogP contribution in [0.25, 0.3) is 5.76 Å². The Morgan fingerprint density at radius 3 is 2.09 bits per heavy atom. The monoisotopic (exact) mass is 428 g/mol. The number of nitrogens with zero attached hydrogens (tertiary/aromatic N) is 2. The van der Waals surface area contributed by atoms with E-state index in [9.17, 15) is 24.8 Å². The lowest BCUT2D eigenvalue weighted by Gasteiger charge is -2.25. The standard InChI is InChI=1S/C25H20N2O5/c28-23(19-9-5-2-6-10-19)21-22(18-11-13-20(14-12-18)27(31)32)26(25(30)24(21)29)16-15-17-7-3-1-4-8-17/h1-14,22,28H,15-16H2/b23-21-. The van der Waals surface area contributed by atoms with Gasteiger partial charge in [-0.25, -0.2) is 0 Å². The number of benzene rings is 3. The van der Waals surface area contributed by atoms with Crippen molar-refractivity contribution < 1.29 is 19.6 Å². The molecule has 1 aliphatic heterocycles. The van der Waals surface area contributed by atoms with Crippen LogP contribution in [0.3, 0.4) is 0 Å². The zero-order valence-electron chi connectivity index (χ0n) is 17.0. The first-order chi connectivity index (χ1) is 15.5. The predicted molar refractivity (Wildman–Crippen MR) is 119 cm³/mol. The second-order valence-electron chi connectivity index (χ2n) is 7.44. The Morgan fingerprint density at radius 2 is 1.50 bits per heavy atom. The molecule has 160 valence electrons. The van der Waals surface area contributed by atoms with Crippen molar-refractivity contribution in [1.82, 2.24) is 4.90 Å². The molecule has 7 heteroatoms. The maximum atomic E-state index is 13.0. The van der Waals surface area contributed by atoms with Gasteiger partial charge in [0.05, 0.1) is 16.5 Å².